The standard InChI is InChI=1S/C26H19N3O/c30-26(27-24-17-9-13-19-10-7-8-16-22(19)24)23-18-29(21-14-5-2-6-15-21)28-25(23)20-11-3-1-4-12-20/h1-18H,(H,27,30). The van der Waals surface area contributed by atoms with Gasteiger partial charge < -0.3 is 5.32 Å². The van der Waals surface area contributed by atoms with Crippen LogP contribution in [0.1, 0.15) is 10.4 Å². The van der Waals surface area contributed by atoms with Gasteiger partial charge in [-0.15, -0.1) is 0 Å². The summed E-state index contributed by atoms with van der Waals surface area (Å²) in [5, 5.41) is 9.90. The smallest absolute Gasteiger partial charge is 0.259 e. The van der Waals surface area contributed by atoms with Crippen LogP contribution in [0.3, 0.4) is 0 Å². The summed E-state index contributed by atoms with van der Waals surface area (Å²) in [6.45, 7) is 0. The SMILES string of the molecule is O=C(Nc1cccc2ccccc12)c1cn(-c2ccccc2)nc1-c1ccccc1. The van der Waals surface area contributed by atoms with Crippen LogP contribution in [0.4, 0.5) is 5.69 Å². The van der Waals surface area contributed by atoms with Gasteiger partial charge in [-0.05, 0) is 23.6 Å². The number of rotatable bonds is 4. The molecule has 0 aliphatic rings. The van der Waals surface area contributed by atoms with Crippen LogP contribution < -0.4 is 5.32 Å². The van der Waals surface area contributed by atoms with Gasteiger partial charge in [0, 0.05) is 22.8 Å². The Hall–Kier alpha value is -4.18. The average Bonchev–Trinajstić information content (AvgIpc) is 3.26. The van der Waals surface area contributed by atoms with Crippen LogP contribution in [-0.4, -0.2) is 15.7 Å². The second-order valence-electron chi connectivity index (χ2n) is 7.02. The molecule has 0 bridgehead atoms. The van der Waals surface area contributed by atoms with Gasteiger partial charge in [0.25, 0.3) is 5.91 Å². The van der Waals surface area contributed by atoms with E-state index >= 15 is 0 Å². The highest BCUT2D eigenvalue weighted by Gasteiger charge is 2.19. The molecule has 30 heavy (non-hydrogen) atoms. The lowest BCUT2D eigenvalue weighted by molar-refractivity contribution is 0.102. The molecule has 0 spiro atoms. The number of benzene rings is 4. The van der Waals surface area contributed by atoms with Crippen molar-refractivity contribution in [2.24, 2.45) is 0 Å². The van der Waals surface area contributed by atoms with Crippen LogP contribution in [0.15, 0.2) is 109 Å². The molecule has 1 heterocycles. The minimum Gasteiger partial charge on any atom is -0.321 e. The maximum atomic E-state index is 13.3. The van der Waals surface area contributed by atoms with Gasteiger partial charge >= 0.3 is 0 Å². The monoisotopic (exact) mass is 389 g/mol. The van der Waals surface area contributed by atoms with Gasteiger partial charge in [-0.25, -0.2) is 4.68 Å². The highest BCUT2D eigenvalue weighted by atomic mass is 16.1. The fourth-order valence-corrected chi connectivity index (χ4v) is 3.59. The van der Waals surface area contributed by atoms with Crippen molar-refractivity contribution in [1.82, 2.24) is 9.78 Å². The fraction of sp³-hybridized carbons (Fsp3) is 0. The summed E-state index contributed by atoms with van der Waals surface area (Å²) in [7, 11) is 0. The number of carbonyl (C=O) groups is 1. The predicted octanol–water partition coefficient (Wildman–Crippen LogP) is 5.94. The molecule has 0 fully saturated rings. The minimum absolute atomic E-state index is 0.188. The van der Waals surface area contributed by atoms with E-state index in [-0.39, 0.29) is 5.91 Å². The number of nitrogens with one attached hydrogen (secondary N) is 1. The first kappa shape index (κ1) is 17.9. The Kier molecular flexibility index (Phi) is 4.58. The molecule has 1 amide bonds. The quantitative estimate of drug-likeness (QED) is 0.413. The lowest BCUT2D eigenvalue weighted by atomic mass is 10.1. The van der Waals surface area contributed by atoms with Crippen molar-refractivity contribution in [1.29, 1.82) is 0 Å². The zero-order valence-electron chi connectivity index (χ0n) is 16.2. The van der Waals surface area contributed by atoms with E-state index in [0.717, 1.165) is 27.7 Å². The molecule has 0 radical (unpaired) electrons. The lowest BCUT2D eigenvalue weighted by Gasteiger charge is -2.09. The Morgan fingerprint density at radius 3 is 2.20 bits per heavy atom. The first-order valence-electron chi connectivity index (χ1n) is 9.79. The molecule has 0 saturated heterocycles. The van der Waals surface area contributed by atoms with E-state index < -0.39 is 0 Å². The second-order valence-corrected chi connectivity index (χ2v) is 7.02. The molecule has 0 saturated carbocycles. The van der Waals surface area contributed by atoms with E-state index in [4.69, 9.17) is 5.10 Å². The van der Waals surface area contributed by atoms with Crippen molar-refractivity contribution in [3.63, 3.8) is 0 Å². The number of hydrogen-bond acceptors (Lipinski definition) is 2. The lowest BCUT2D eigenvalue weighted by Crippen LogP contribution is -2.12. The molecule has 4 aromatic carbocycles. The molecular formula is C26H19N3O. The van der Waals surface area contributed by atoms with Gasteiger partial charge in [0.05, 0.1) is 11.3 Å². The van der Waals surface area contributed by atoms with Crippen molar-refractivity contribution in [3.05, 3.63) is 115 Å². The van der Waals surface area contributed by atoms with Gasteiger partial charge in [0.15, 0.2) is 0 Å². The third-order valence-corrected chi connectivity index (χ3v) is 5.06. The molecule has 4 heteroatoms. The van der Waals surface area contributed by atoms with E-state index in [2.05, 4.69) is 5.32 Å². The summed E-state index contributed by atoms with van der Waals surface area (Å²) in [6.07, 6.45) is 1.79. The molecular weight excluding hydrogens is 370 g/mol. The van der Waals surface area contributed by atoms with Gasteiger partial charge in [-0.3, -0.25) is 4.79 Å². The Labute approximate surface area is 174 Å². The molecule has 144 valence electrons. The number of amides is 1. The van der Waals surface area contributed by atoms with Crippen LogP contribution in [0.25, 0.3) is 27.7 Å². The van der Waals surface area contributed by atoms with Crippen molar-refractivity contribution in [2.75, 3.05) is 5.32 Å². The number of aromatic nitrogens is 2. The molecule has 5 aromatic rings. The van der Waals surface area contributed by atoms with Crippen LogP contribution in [0, 0.1) is 0 Å². The largest absolute Gasteiger partial charge is 0.321 e. The van der Waals surface area contributed by atoms with Gasteiger partial charge in [0.2, 0.25) is 0 Å². The summed E-state index contributed by atoms with van der Waals surface area (Å²) >= 11 is 0. The second kappa shape index (κ2) is 7.68. The molecule has 0 unspecified atom stereocenters. The summed E-state index contributed by atoms with van der Waals surface area (Å²) in [6, 6.07) is 33.5. The number of hydrogen-bond donors (Lipinski definition) is 1. The van der Waals surface area contributed by atoms with Crippen LogP contribution in [-0.2, 0) is 0 Å². The number of anilines is 1. The van der Waals surface area contributed by atoms with Crippen molar-refractivity contribution < 1.29 is 4.79 Å². The Balaban J connectivity index is 1.58. The normalized spacial score (nSPS) is 10.8. The van der Waals surface area contributed by atoms with Crippen LogP contribution in [0.2, 0.25) is 0 Å². The maximum absolute atomic E-state index is 13.3. The van der Waals surface area contributed by atoms with E-state index in [0.29, 0.717) is 11.3 Å². The number of fused-ring (bicyclic) bond motifs is 1. The molecule has 0 aliphatic heterocycles. The number of carbonyl (C=O) groups excluding carboxylic acids is 1. The molecule has 0 aliphatic carbocycles. The Bertz CT molecular complexity index is 1320. The zero-order valence-corrected chi connectivity index (χ0v) is 16.2. The Morgan fingerprint density at radius 1 is 0.733 bits per heavy atom. The topological polar surface area (TPSA) is 46.9 Å². The first-order chi connectivity index (χ1) is 14.8. The Morgan fingerprint density at radius 2 is 1.40 bits per heavy atom. The predicted molar refractivity (Wildman–Crippen MR) is 121 cm³/mol. The third kappa shape index (κ3) is 3.35. The molecule has 1 aromatic heterocycles. The summed E-state index contributed by atoms with van der Waals surface area (Å²) in [5.41, 5.74) is 3.76. The van der Waals surface area contributed by atoms with Crippen LogP contribution in [0.5, 0.6) is 0 Å². The highest BCUT2D eigenvalue weighted by molar-refractivity contribution is 6.11. The molecule has 0 atom stereocenters. The minimum atomic E-state index is -0.188. The molecule has 5 rings (SSSR count). The molecule has 1 N–H and O–H groups in total. The van der Waals surface area contributed by atoms with E-state index in [1.807, 2.05) is 103 Å². The van der Waals surface area contributed by atoms with Gasteiger partial charge in [-0.1, -0.05) is 84.9 Å². The van der Waals surface area contributed by atoms with Gasteiger partial charge in [0.1, 0.15) is 5.69 Å². The summed E-state index contributed by atoms with van der Waals surface area (Å²) in [4.78, 5) is 13.3. The van der Waals surface area contributed by atoms with Crippen molar-refractivity contribution >= 4 is 22.4 Å². The zero-order chi connectivity index (χ0) is 20.3. The van der Waals surface area contributed by atoms with E-state index in [1.165, 1.54) is 0 Å². The van der Waals surface area contributed by atoms with E-state index in [9.17, 15) is 4.79 Å². The van der Waals surface area contributed by atoms with Gasteiger partial charge in [-0.2, -0.15) is 5.10 Å². The van der Waals surface area contributed by atoms with Crippen LogP contribution >= 0.6 is 0 Å². The highest BCUT2D eigenvalue weighted by Crippen LogP contribution is 2.27. The van der Waals surface area contributed by atoms with E-state index in [1.54, 1.807) is 10.9 Å². The maximum Gasteiger partial charge on any atom is 0.259 e. The number of para-hydroxylation sites is 1. The summed E-state index contributed by atoms with van der Waals surface area (Å²) in [5.74, 6) is -0.188. The fourth-order valence-electron chi connectivity index (χ4n) is 3.59. The summed E-state index contributed by atoms with van der Waals surface area (Å²) < 4.78 is 1.75. The number of nitrogens with zero attached hydrogens (tertiary/aromatic N) is 2. The third-order valence-electron chi connectivity index (χ3n) is 5.06. The molecule has 4 nitrogen and oxygen atoms in total. The van der Waals surface area contributed by atoms with Crippen molar-refractivity contribution in [3.8, 4) is 16.9 Å². The first-order valence-corrected chi connectivity index (χ1v) is 9.79. The average molecular weight is 389 g/mol. The van der Waals surface area contributed by atoms with Crippen molar-refractivity contribution in [2.45, 2.75) is 0 Å².